The minimum Gasteiger partial charge on any atom is -0.357 e. The summed E-state index contributed by atoms with van der Waals surface area (Å²) >= 11 is 0. The molecule has 1 aromatic heterocycles. The van der Waals surface area contributed by atoms with E-state index in [1.807, 2.05) is 13.1 Å². The molecule has 5 nitrogen and oxygen atoms in total. The van der Waals surface area contributed by atoms with E-state index >= 15 is 0 Å². The Kier molecular flexibility index (Phi) is 4.87. The van der Waals surface area contributed by atoms with Crippen molar-refractivity contribution in [1.29, 1.82) is 0 Å². The predicted octanol–water partition coefficient (Wildman–Crippen LogP) is 1.90. The number of benzene rings is 1. The van der Waals surface area contributed by atoms with E-state index in [9.17, 15) is 9.18 Å². The Balaban J connectivity index is 1.57. The van der Waals surface area contributed by atoms with Crippen molar-refractivity contribution in [3.8, 4) is 0 Å². The smallest absolute Gasteiger partial charge is 0.236 e. The largest absolute Gasteiger partial charge is 0.357 e. The number of aromatic amines is 1. The van der Waals surface area contributed by atoms with Crippen LogP contribution in [0.3, 0.4) is 0 Å². The SMILES string of the molecule is CN(Cc1cc2cc(F)ccc2[nH]1)C(=O)CN1CC[C@H](N(C)C)C1. The molecule has 1 atom stereocenters. The monoisotopic (exact) mass is 332 g/mol. The van der Waals surface area contributed by atoms with Crippen molar-refractivity contribution in [2.45, 2.75) is 19.0 Å². The third-order valence-corrected chi connectivity index (χ3v) is 4.81. The predicted molar refractivity (Wildman–Crippen MR) is 93.3 cm³/mol. The lowest BCUT2D eigenvalue weighted by molar-refractivity contribution is -0.131. The van der Waals surface area contributed by atoms with Gasteiger partial charge in [0.2, 0.25) is 5.91 Å². The van der Waals surface area contributed by atoms with Crippen LogP contribution in [0.2, 0.25) is 0 Å². The van der Waals surface area contributed by atoms with E-state index < -0.39 is 0 Å². The number of amides is 1. The van der Waals surface area contributed by atoms with Crippen LogP contribution in [0.4, 0.5) is 4.39 Å². The quantitative estimate of drug-likeness (QED) is 0.909. The fraction of sp³-hybridized carbons (Fsp3) is 0.500. The van der Waals surface area contributed by atoms with Crippen LogP contribution in [0.5, 0.6) is 0 Å². The van der Waals surface area contributed by atoms with Crippen LogP contribution in [0.1, 0.15) is 12.1 Å². The summed E-state index contributed by atoms with van der Waals surface area (Å²) in [7, 11) is 5.98. The van der Waals surface area contributed by atoms with Crippen molar-refractivity contribution in [2.24, 2.45) is 0 Å². The minimum atomic E-state index is -0.248. The second-order valence-electron chi connectivity index (χ2n) is 6.92. The van der Waals surface area contributed by atoms with Gasteiger partial charge in [-0.1, -0.05) is 0 Å². The van der Waals surface area contributed by atoms with Gasteiger partial charge in [0, 0.05) is 42.8 Å². The van der Waals surface area contributed by atoms with Gasteiger partial charge in [-0.2, -0.15) is 0 Å². The Labute approximate surface area is 142 Å². The molecule has 0 saturated carbocycles. The van der Waals surface area contributed by atoms with Gasteiger partial charge < -0.3 is 14.8 Å². The molecule has 6 heteroatoms. The van der Waals surface area contributed by atoms with E-state index in [4.69, 9.17) is 0 Å². The number of H-pyrrole nitrogens is 1. The molecule has 2 aromatic rings. The van der Waals surface area contributed by atoms with E-state index in [2.05, 4.69) is 28.9 Å². The van der Waals surface area contributed by atoms with Gasteiger partial charge in [0.05, 0.1) is 13.1 Å². The molecule has 3 rings (SSSR count). The van der Waals surface area contributed by atoms with Crippen LogP contribution in [0.15, 0.2) is 24.3 Å². The molecule has 0 spiro atoms. The average Bonchev–Trinajstić information content (AvgIpc) is 3.13. The Morgan fingerprint density at radius 3 is 2.83 bits per heavy atom. The molecule has 2 heterocycles. The maximum atomic E-state index is 13.3. The van der Waals surface area contributed by atoms with Crippen LogP contribution in [-0.4, -0.2) is 72.4 Å². The topological polar surface area (TPSA) is 42.6 Å². The molecule has 1 N–H and O–H groups in total. The van der Waals surface area contributed by atoms with Crippen molar-refractivity contribution < 1.29 is 9.18 Å². The fourth-order valence-corrected chi connectivity index (χ4v) is 3.28. The number of likely N-dealkylation sites (N-methyl/N-ethyl adjacent to an activating group) is 2. The number of rotatable bonds is 5. The Morgan fingerprint density at radius 2 is 2.12 bits per heavy atom. The van der Waals surface area contributed by atoms with Crippen LogP contribution in [-0.2, 0) is 11.3 Å². The van der Waals surface area contributed by atoms with Crippen molar-refractivity contribution in [3.63, 3.8) is 0 Å². The fourth-order valence-electron chi connectivity index (χ4n) is 3.28. The number of halogens is 1. The summed E-state index contributed by atoms with van der Waals surface area (Å²) in [5.74, 6) is -0.138. The molecule has 130 valence electrons. The van der Waals surface area contributed by atoms with E-state index in [0.717, 1.165) is 36.1 Å². The van der Waals surface area contributed by atoms with Gasteiger partial charge in [-0.25, -0.2) is 4.39 Å². The van der Waals surface area contributed by atoms with Crippen LogP contribution in [0, 0.1) is 5.82 Å². The Morgan fingerprint density at radius 1 is 1.33 bits per heavy atom. The summed E-state index contributed by atoms with van der Waals surface area (Å²) in [5, 5.41) is 0.833. The summed E-state index contributed by atoms with van der Waals surface area (Å²) in [6.07, 6.45) is 1.11. The summed E-state index contributed by atoms with van der Waals surface area (Å²) < 4.78 is 13.3. The lowest BCUT2D eigenvalue weighted by atomic mass is 10.2. The zero-order valence-electron chi connectivity index (χ0n) is 14.6. The molecule has 1 amide bonds. The second-order valence-corrected chi connectivity index (χ2v) is 6.92. The average molecular weight is 332 g/mol. The zero-order chi connectivity index (χ0) is 17.3. The number of carbonyl (C=O) groups is 1. The van der Waals surface area contributed by atoms with Gasteiger partial charge in [-0.05, 0) is 44.8 Å². The molecule has 0 unspecified atom stereocenters. The van der Waals surface area contributed by atoms with Gasteiger partial charge in [-0.15, -0.1) is 0 Å². The maximum absolute atomic E-state index is 13.3. The highest BCUT2D eigenvalue weighted by atomic mass is 19.1. The first kappa shape index (κ1) is 16.9. The van der Waals surface area contributed by atoms with Crippen molar-refractivity contribution in [2.75, 3.05) is 40.8 Å². The normalized spacial score (nSPS) is 18.6. The van der Waals surface area contributed by atoms with E-state index in [1.165, 1.54) is 12.1 Å². The molecule has 24 heavy (non-hydrogen) atoms. The molecule has 1 aliphatic heterocycles. The van der Waals surface area contributed by atoms with Gasteiger partial charge in [0.15, 0.2) is 0 Å². The summed E-state index contributed by atoms with van der Waals surface area (Å²) in [6, 6.07) is 7.10. The number of nitrogens with zero attached hydrogens (tertiary/aromatic N) is 3. The first-order valence-electron chi connectivity index (χ1n) is 8.32. The summed E-state index contributed by atoms with van der Waals surface area (Å²) in [6.45, 7) is 2.86. The molecule has 1 aliphatic rings. The number of hydrogen-bond acceptors (Lipinski definition) is 3. The number of nitrogens with one attached hydrogen (secondary N) is 1. The van der Waals surface area contributed by atoms with Gasteiger partial charge in [-0.3, -0.25) is 9.69 Å². The number of carbonyl (C=O) groups excluding carboxylic acids is 1. The van der Waals surface area contributed by atoms with Crippen LogP contribution >= 0.6 is 0 Å². The van der Waals surface area contributed by atoms with Crippen LogP contribution < -0.4 is 0 Å². The maximum Gasteiger partial charge on any atom is 0.236 e. The third-order valence-electron chi connectivity index (χ3n) is 4.81. The standard InChI is InChI=1S/C18H25FN4O/c1-21(2)16-6-7-23(11-16)12-18(24)22(3)10-15-9-13-8-14(19)4-5-17(13)20-15/h4-5,8-9,16,20H,6-7,10-12H2,1-3H3/t16-/m0/s1. The lowest BCUT2D eigenvalue weighted by Gasteiger charge is -2.22. The molecule has 0 radical (unpaired) electrons. The number of likely N-dealkylation sites (tertiary alicyclic amines) is 1. The first-order valence-corrected chi connectivity index (χ1v) is 8.32. The molecule has 1 aromatic carbocycles. The Bertz CT molecular complexity index is 727. The Hall–Kier alpha value is -1.92. The van der Waals surface area contributed by atoms with Crippen LogP contribution in [0.25, 0.3) is 10.9 Å². The molecule has 1 saturated heterocycles. The number of hydrogen-bond donors (Lipinski definition) is 1. The highest BCUT2D eigenvalue weighted by molar-refractivity contribution is 5.81. The summed E-state index contributed by atoms with van der Waals surface area (Å²) in [5.41, 5.74) is 1.81. The van der Waals surface area contributed by atoms with Crippen molar-refractivity contribution >= 4 is 16.8 Å². The third kappa shape index (κ3) is 3.76. The highest BCUT2D eigenvalue weighted by Gasteiger charge is 2.26. The van der Waals surface area contributed by atoms with Crippen molar-refractivity contribution in [3.05, 3.63) is 35.8 Å². The lowest BCUT2D eigenvalue weighted by Crippen LogP contribution is -2.38. The van der Waals surface area contributed by atoms with E-state index in [-0.39, 0.29) is 11.7 Å². The minimum absolute atomic E-state index is 0.110. The zero-order valence-corrected chi connectivity index (χ0v) is 14.6. The number of fused-ring (bicyclic) bond motifs is 1. The first-order chi connectivity index (χ1) is 11.4. The second kappa shape index (κ2) is 6.91. The number of aromatic nitrogens is 1. The molecule has 1 fully saturated rings. The summed E-state index contributed by atoms with van der Waals surface area (Å²) in [4.78, 5) is 21.8. The van der Waals surface area contributed by atoms with Gasteiger partial charge in [0.1, 0.15) is 5.82 Å². The highest BCUT2D eigenvalue weighted by Crippen LogP contribution is 2.18. The van der Waals surface area contributed by atoms with Gasteiger partial charge >= 0.3 is 0 Å². The van der Waals surface area contributed by atoms with E-state index in [0.29, 0.717) is 19.1 Å². The van der Waals surface area contributed by atoms with Crippen molar-refractivity contribution in [1.82, 2.24) is 19.7 Å². The molecule has 0 bridgehead atoms. The molecule has 0 aliphatic carbocycles. The van der Waals surface area contributed by atoms with Gasteiger partial charge in [0.25, 0.3) is 0 Å². The molecular weight excluding hydrogens is 307 g/mol. The van der Waals surface area contributed by atoms with E-state index in [1.54, 1.807) is 11.0 Å². The molecular formula is C18H25FN4O.